The Hall–Kier alpha value is -7.00. The summed E-state index contributed by atoms with van der Waals surface area (Å²) in [5.74, 6) is -12.8. The van der Waals surface area contributed by atoms with E-state index in [1.165, 1.54) is 19.9 Å². The van der Waals surface area contributed by atoms with Gasteiger partial charge in [0, 0.05) is 82.7 Å². The minimum atomic E-state index is -2.35. The smallest absolute Gasteiger partial charge is 0.343 e. The summed E-state index contributed by atoms with van der Waals surface area (Å²) < 4.78 is 85.0. The van der Waals surface area contributed by atoms with Crippen LogP contribution in [0.25, 0.3) is 22.5 Å². The topological polar surface area (TPSA) is 198 Å². The van der Waals surface area contributed by atoms with E-state index in [4.69, 9.17) is 43.5 Å². The zero-order valence-electron chi connectivity index (χ0n) is 45.7. The molecule has 7 aromatic rings. The van der Waals surface area contributed by atoms with Gasteiger partial charge in [0.1, 0.15) is 11.5 Å². The number of benzene rings is 5. The van der Waals surface area contributed by atoms with Crippen molar-refractivity contribution in [2.45, 2.75) is 99.3 Å². The molecule has 0 radical (unpaired) electrons. The standard InChI is InChI=1S/C27H31ClN2O4.C16H10ClF5O3.C16H21N3O2.CH4.ClH/c1-17(2)34-26-10-9-22(15-23(26)28)25(33)14-20(11-12-31)13-19-5-7-21(8-6-19)24-16-30(4)27(29-24)18(3)32;1-6(2)24-9-4-3-7(5-8(9)17)16(23)25-15-13(21)11(19)10(18)12(20)14(15)22;1-11(21)16-18-15(10-19(16)2)13-5-3-12(4-6-13)9-14(17)7-8-20;;/h5-10,15-17,20,31H,11-14H2,1-4H3;3-6H,1-2H3;3-6,10,14,20H,7-9,17H2,1-2H3;1H4;1H/t20-;;14-;;/m1.1../s1. The van der Waals surface area contributed by atoms with Crippen molar-refractivity contribution in [3.8, 4) is 39.8 Å². The van der Waals surface area contributed by atoms with Gasteiger partial charge in [-0.25, -0.2) is 27.9 Å². The van der Waals surface area contributed by atoms with E-state index in [1.54, 1.807) is 48.2 Å². The third-order valence-electron chi connectivity index (χ3n) is 11.9. The van der Waals surface area contributed by atoms with E-state index < -0.39 is 40.8 Å². The molecule has 2 aromatic heterocycles. The lowest BCUT2D eigenvalue weighted by Gasteiger charge is -2.16. The minimum Gasteiger partial charge on any atom is -0.489 e. The van der Waals surface area contributed by atoms with Crippen LogP contribution in [0.15, 0.2) is 97.3 Å². The maximum absolute atomic E-state index is 13.5. The largest absolute Gasteiger partial charge is 0.489 e. The lowest BCUT2D eigenvalue weighted by Crippen LogP contribution is -2.23. The Kier molecular flexibility index (Phi) is 27.0. The average molecular weight is 1200 g/mol. The van der Waals surface area contributed by atoms with Crippen LogP contribution >= 0.6 is 35.6 Å². The van der Waals surface area contributed by atoms with Gasteiger partial charge in [-0.05, 0) is 107 Å². The highest BCUT2D eigenvalue weighted by atomic mass is 35.5. The molecule has 0 unspecified atom stereocenters. The molecule has 2 heterocycles. The number of ether oxygens (including phenoxy) is 3. The monoisotopic (exact) mass is 1200 g/mol. The molecule has 0 bridgehead atoms. The number of rotatable bonds is 21. The predicted molar refractivity (Wildman–Crippen MR) is 308 cm³/mol. The summed E-state index contributed by atoms with van der Waals surface area (Å²) in [6.07, 6.45) is 6.31. The number of nitrogens with two attached hydrogens (primary N) is 1. The van der Waals surface area contributed by atoms with E-state index in [-0.39, 0.29) is 90.9 Å². The fraction of sp³-hybridized carbons (Fsp3) is 0.333. The normalized spacial score (nSPS) is 11.5. The van der Waals surface area contributed by atoms with Crippen LogP contribution in [0.5, 0.6) is 17.2 Å². The SMILES string of the molecule is C.CC(=O)c1nc(-c2ccc(C[C@@H](CCO)CC(=O)c3ccc(OC(C)C)c(Cl)c3)cc2)cn1C.CC(=O)c1nc(-c2ccc(C[C@H](N)CCO)cc2)cn1C.CC(C)Oc1ccc(C(=O)Oc2c(F)c(F)c(F)c(F)c2F)cc1Cl.Cl. The fourth-order valence-electron chi connectivity index (χ4n) is 8.06. The molecular formula is C60H67Cl3F5N5O9. The van der Waals surface area contributed by atoms with Crippen molar-refractivity contribution in [2.75, 3.05) is 13.2 Å². The summed E-state index contributed by atoms with van der Waals surface area (Å²) >= 11 is 12.2. The van der Waals surface area contributed by atoms with Crippen LogP contribution in [-0.4, -0.2) is 84.1 Å². The second-order valence-electron chi connectivity index (χ2n) is 19.2. The van der Waals surface area contributed by atoms with Crippen LogP contribution in [-0.2, 0) is 26.9 Å². The van der Waals surface area contributed by atoms with Gasteiger partial charge in [0.25, 0.3) is 0 Å². The minimum absolute atomic E-state index is 0. The first-order valence-corrected chi connectivity index (χ1v) is 26.0. The van der Waals surface area contributed by atoms with E-state index in [2.05, 4.69) is 14.7 Å². The molecule has 14 nitrogen and oxygen atoms in total. The highest BCUT2D eigenvalue weighted by molar-refractivity contribution is 6.32. The number of esters is 1. The number of halogens is 8. The first-order chi connectivity index (χ1) is 37.8. The van der Waals surface area contributed by atoms with E-state index in [1.807, 2.05) is 81.8 Å². The molecule has 0 aliphatic heterocycles. The first kappa shape index (κ1) is 69.3. The molecule has 442 valence electrons. The van der Waals surface area contributed by atoms with Crippen LogP contribution in [0.2, 0.25) is 10.0 Å². The Labute approximate surface area is 489 Å². The molecule has 0 aliphatic rings. The number of aryl methyl sites for hydroxylation is 2. The van der Waals surface area contributed by atoms with Gasteiger partial charge in [-0.2, -0.15) is 8.78 Å². The number of carbonyl (C=O) groups excluding carboxylic acids is 4. The van der Waals surface area contributed by atoms with E-state index in [0.29, 0.717) is 53.7 Å². The van der Waals surface area contributed by atoms with Gasteiger partial charge in [0.15, 0.2) is 29.0 Å². The second-order valence-corrected chi connectivity index (χ2v) is 20.0. The molecule has 4 N–H and O–H groups in total. The van der Waals surface area contributed by atoms with Crippen molar-refractivity contribution in [3.05, 3.63) is 170 Å². The van der Waals surface area contributed by atoms with Gasteiger partial charge in [-0.3, -0.25) is 14.4 Å². The Morgan fingerprint density at radius 2 is 1.01 bits per heavy atom. The van der Waals surface area contributed by atoms with Crippen molar-refractivity contribution in [1.29, 1.82) is 0 Å². The van der Waals surface area contributed by atoms with Gasteiger partial charge < -0.3 is 39.3 Å². The second kappa shape index (κ2) is 32.0. The van der Waals surface area contributed by atoms with E-state index >= 15 is 0 Å². The molecule has 0 spiro atoms. The zero-order chi connectivity index (χ0) is 59.1. The number of nitrogens with zero attached hydrogens (tertiary/aromatic N) is 4. The number of hydrogen-bond acceptors (Lipinski definition) is 12. The Bertz CT molecular complexity index is 3270. The highest BCUT2D eigenvalue weighted by Gasteiger charge is 2.29. The number of aliphatic hydroxyl groups is 2. The molecule has 0 fully saturated rings. The van der Waals surface area contributed by atoms with Crippen molar-refractivity contribution in [2.24, 2.45) is 25.7 Å². The number of Topliss-reactive ketones (excluding diaryl/α,β-unsaturated/α-hetero) is 3. The Balaban J connectivity index is 0.000000329. The van der Waals surface area contributed by atoms with Gasteiger partial charge in [0.05, 0.1) is 39.2 Å². The average Bonchev–Trinajstić information content (AvgIpc) is 4.14. The Morgan fingerprint density at radius 3 is 1.40 bits per heavy atom. The molecule has 0 saturated heterocycles. The Morgan fingerprint density at radius 1 is 0.610 bits per heavy atom. The van der Waals surface area contributed by atoms with Crippen LogP contribution < -0.4 is 19.9 Å². The molecule has 0 aliphatic carbocycles. The molecular weight excluding hydrogens is 1140 g/mol. The quantitative estimate of drug-likeness (QED) is 0.0154. The lowest BCUT2D eigenvalue weighted by atomic mass is 9.89. The highest BCUT2D eigenvalue weighted by Crippen LogP contribution is 2.33. The zero-order valence-corrected chi connectivity index (χ0v) is 48.0. The molecule has 7 rings (SSSR count). The third-order valence-corrected chi connectivity index (χ3v) is 12.5. The summed E-state index contributed by atoms with van der Waals surface area (Å²) in [5, 5.41) is 18.8. The molecule has 0 saturated carbocycles. The fourth-order valence-corrected chi connectivity index (χ4v) is 8.51. The number of imidazole rings is 2. The maximum Gasteiger partial charge on any atom is 0.343 e. The van der Waals surface area contributed by atoms with Gasteiger partial charge >= 0.3 is 5.97 Å². The van der Waals surface area contributed by atoms with Gasteiger partial charge in [-0.1, -0.05) is 79.2 Å². The summed E-state index contributed by atoms with van der Waals surface area (Å²) in [6.45, 7) is 10.4. The van der Waals surface area contributed by atoms with Crippen LogP contribution in [0.1, 0.15) is 121 Å². The summed E-state index contributed by atoms with van der Waals surface area (Å²) in [7, 11) is 3.62. The van der Waals surface area contributed by atoms with Crippen molar-refractivity contribution < 1.29 is 65.6 Å². The van der Waals surface area contributed by atoms with Crippen LogP contribution in [0, 0.1) is 35.0 Å². The molecule has 22 heteroatoms. The first-order valence-electron chi connectivity index (χ1n) is 25.3. The maximum atomic E-state index is 13.5. The molecule has 2 atom stereocenters. The van der Waals surface area contributed by atoms with Crippen molar-refractivity contribution in [1.82, 2.24) is 19.1 Å². The van der Waals surface area contributed by atoms with Gasteiger partial charge in [0.2, 0.25) is 34.8 Å². The summed E-state index contributed by atoms with van der Waals surface area (Å²) in [4.78, 5) is 56.7. The van der Waals surface area contributed by atoms with E-state index in [0.717, 1.165) is 52.2 Å². The number of aliphatic hydroxyl groups excluding tert-OH is 2. The van der Waals surface area contributed by atoms with Crippen LogP contribution in [0.3, 0.4) is 0 Å². The molecule has 0 amide bonds. The number of ketones is 3. The van der Waals surface area contributed by atoms with Gasteiger partial charge in [-0.15, -0.1) is 12.4 Å². The summed E-state index contributed by atoms with van der Waals surface area (Å²) in [6, 6.07) is 24.5. The predicted octanol–water partition coefficient (Wildman–Crippen LogP) is 13.2. The molecule has 5 aromatic carbocycles. The van der Waals surface area contributed by atoms with E-state index in [9.17, 15) is 46.2 Å². The number of carbonyl (C=O) groups is 4. The lowest BCUT2D eigenvalue weighted by molar-refractivity contribution is 0.0715. The number of hydrogen-bond donors (Lipinski definition) is 3. The van der Waals surface area contributed by atoms with Crippen molar-refractivity contribution >= 4 is 58.9 Å². The van der Waals surface area contributed by atoms with Crippen molar-refractivity contribution in [3.63, 3.8) is 0 Å². The third kappa shape index (κ3) is 19.0. The summed E-state index contributed by atoms with van der Waals surface area (Å²) in [5.41, 5.74) is 11.8. The van der Waals surface area contributed by atoms with Crippen LogP contribution in [0.4, 0.5) is 22.0 Å². The molecule has 82 heavy (non-hydrogen) atoms. The number of aromatic nitrogens is 4.